The summed E-state index contributed by atoms with van der Waals surface area (Å²) in [5.41, 5.74) is 2.81. The van der Waals surface area contributed by atoms with Gasteiger partial charge in [0.1, 0.15) is 11.5 Å². The first-order valence-electron chi connectivity index (χ1n) is 6.28. The summed E-state index contributed by atoms with van der Waals surface area (Å²) in [6, 6.07) is 1.84. The lowest BCUT2D eigenvalue weighted by molar-refractivity contribution is 0.394. The molecule has 20 heavy (non-hydrogen) atoms. The third kappa shape index (κ3) is 2.91. The molecule has 0 amide bonds. The lowest BCUT2D eigenvalue weighted by Crippen LogP contribution is -2.20. The Morgan fingerprint density at radius 2 is 2.20 bits per heavy atom. The molecule has 2 heterocycles. The largest absolute Gasteiger partial charge is 0.481 e. The molecule has 2 rings (SSSR count). The number of nitrogens with one attached hydrogen (secondary N) is 1. The zero-order valence-corrected chi connectivity index (χ0v) is 12.8. The number of hydrogen-bond donors (Lipinski definition) is 1. The number of aromatic nitrogens is 4. The van der Waals surface area contributed by atoms with E-state index in [1.165, 1.54) is 6.33 Å². The van der Waals surface area contributed by atoms with E-state index in [0.29, 0.717) is 17.5 Å². The van der Waals surface area contributed by atoms with Gasteiger partial charge in [0.2, 0.25) is 5.88 Å². The quantitative estimate of drug-likeness (QED) is 0.909. The molecule has 6 nitrogen and oxygen atoms in total. The van der Waals surface area contributed by atoms with Gasteiger partial charge in [0.05, 0.1) is 24.5 Å². The molecule has 0 aliphatic heterocycles. The van der Waals surface area contributed by atoms with Gasteiger partial charge >= 0.3 is 0 Å². The summed E-state index contributed by atoms with van der Waals surface area (Å²) in [5.74, 6) is 0.546. The fourth-order valence-corrected chi connectivity index (χ4v) is 2.37. The van der Waals surface area contributed by atoms with Gasteiger partial charge in [0, 0.05) is 18.7 Å². The Morgan fingerprint density at radius 3 is 2.75 bits per heavy atom. The Balaban J connectivity index is 2.28. The Bertz CT molecular complexity index is 598. The summed E-state index contributed by atoms with van der Waals surface area (Å²) < 4.78 is 6.81. The van der Waals surface area contributed by atoms with Crippen molar-refractivity contribution >= 4 is 11.6 Å². The molecule has 0 fully saturated rings. The Morgan fingerprint density at radius 1 is 1.45 bits per heavy atom. The molecule has 0 saturated heterocycles. The topological polar surface area (TPSA) is 64.9 Å². The molecule has 2 aromatic rings. The van der Waals surface area contributed by atoms with Crippen LogP contribution in [0.5, 0.6) is 5.88 Å². The van der Waals surface area contributed by atoms with E-state index in [4.69, 9.17) is 16.3 Å². The van der Waals surface area contributed by atoms with Crippen LogP contribution in [0.2, 0.25) is 5.15 Å². The standard InChI is InChI=1S/C13H18ClN5O/c1-8-9(13(14)19(3)18-8)5-10(15-2)11-6-12(20-4)17-7-16-11/h6-7,10,15H,5H2,1-4H3. The van der Waals surface area contributed by atoms with E-state index >= 15 is 0 Å². The number of aryl methyl sites for hydroxylation is 2. The van der Waals surface area contributed by atoms with Crippen LogP contribution in [0.1, 0.15) is 23.0 Å². The minimum absolute atomic E-state index is 0.0206. The highest BCUT2D eigenvalue weighted by molar-refractivity contribution is 6.30. The third-order valence-electron chi connectivity index (χ3n) is 3.26. The maximum atomic E-state index is 6.28. The lowest BCUT2D eigenvalue weighted by Gasteiger charge is -2.16. The zero-order valence-electron chi connectivity index (χ0n) is 12.0. The number of hydrogen-bond acceptors (Lipinski definition) is 5. The van der Waals surface area contributed by atoms with E-state index in [-0.39, 0.29) is 6.04 Å². The maximum absolute atomic E-state index is 6.28. The summed E-state index contributed by atoms with van der Waals surface area (Å²) in [7, 11) is 5.31. The maximum Gasteiger partial charge on any atom is 0.216 e. The summed E-state index contributed by atoms with van der Waals surface area (Å²) >= 11 is 6.28. The van der Waals surface area contributed by atoms with Gasteiger partial charge in [-0.05, 0) is 20.4 Å². The van der Waals surface area contributed by atoms with Gasteiger partial charge in [-0.25, -0.2) is 9.97 Å². The van der Waals surface area contributed by atoms with Gasteiger partial charge in [0.15, 0.2) is 0 Å². The first-order valence-corrected chi connectivity index (χ1v) is 6.65. The summed E-state index contributed by atoms with van der Waals surface area (Å²) in [5, 5.41) is 8.22. The molecule has 1 unspecified atom stereocenters. The number of nitrogens with zero attached hydrogens (tertiary/aromatic N) is 4. The first kappa shape index (κ1) is 14.7. The minimum Gasteiger partial charge on any atom is -0.481 e. The number of halogens is 1. The molecular weight excluding hydrogens is 278 g/mol. The predicted octanol–water partition coefficient (Wildman–Crippen LogP) is 1.68. The number of ether oxygens (including phenoxy) is 1. The van der Waals surface area contributed by atoms with Crippen LogP contribution in [-0.2, 0) is 13.5 Å². The molecule has 0 aliphatic rings. The summed E-state index contributed by atoms with van der Waals surface area (Å²) in [6.45, 7) is 1.95. The average Bonchev–Trinajstić information content (AvgIpc) is 2.70. The average molecular weight is 296 g/mol. The molecule has 0 bridgehead atoms. The molecule has 1 atom stereocenters. The van der Waals surface area contributed by atoms with Gasteiger partial charge in [-0.1, -0.05) is 11.6 Å². The van der Waals surface area contributed by atoms with Crippen molar-refractivity contribution in [3.63, 3.8) is 0 Å². The second kappa shape index (κ2) is 6.19. The monoisotopic (exact) mass is 295 g/mol. The van der Waals surface area contributed by atoms with E-state index in [9.17, 15) is 0 Å². The number of rotatable bonds is 5. The highest BCUT2D eigenvalue weighted by atomic mass is 35.5. The molecule has 0 saturated carbocycles. The van der Waals surface area contributed by atoms with E-state index < -0.39 is 0 Å². The Kier molecular flexibility index (Phi) is 4.57. The molecule has 108 valence electrons. The van der Waals surface area contributed by atoms with Crippen LogP contribution < -0.4 is 10.1 Å². The smallest absolute Gasteiger partial charge is 0.216 e. The van der Waals surface area contributed by atoms with Crippen molar-refractivity contribution in [1.29, 1.82) is 0 Å². The van der Waals surface area contributed by atoms with Crippen molar-refractivity contribution in [2.24, 2.45) is 7.05 Å². The molecule has 0 aromatic carbocycles. The Hall–Kier alpha value is -1.66. The summed E-state index contributed by atoms with van der Waals surface area (Å²) in [6.07, 6.45) is 2.20. The van der Waals surface area contributed by atoms with Crippen LogP contribution in [-0.4, -0.2) is 33.9 Å². The van der Waals surface area contributed by atoms with Crippen LogP contribution in [0.4, 0.5) is 0 Å². The summed E-state index contributed by atoms with van der Waals surface area (Å²) in [4.78, 5) is 8.31. The van der Waals surface area contributed by atoms with Crippen molar-refractivity contribution in [2.75, 3.05) is 14.2 Å². The highest BCUT2D eigenvalue weighted by Crippen LogP contribution is 2.25. The van der Waals surface area contributed by atoms with Gasteiger partial charge in [0.25, 0.3) is 0 Å². The predicted molar refractivity (Wildman–Crippen MR) is 77.0 cm³/mol. The molecule has 0 spiro atoms. The van der Waals surface area contributed by atoms with Crippen molar-refractivity contribution in [3.8, 4) is 5.88 Å². The van der Waals surface area contributed by atoms with E-state index in [0.717, 1.165) is 17.0 Å². The van der Waals surface area contributed by atoms with E-state index in [2.05, 4.69) is 20.4 Å². The first-order chi connectivity index (χ1) is 9.56. The van der Waals surface area contributed by atoms with Crippen LogP contribution in [0, 0.1) is 6.92 Å². The number of methoxy groups -OCH3 is 1. The third-order valence-corrected chi connectivity index (χ3v) is 3.73. The van der Waals surface area contributed by atoms with Gasteiger partial charge in [-0.2, -0.15) is 5.10 Å². The van der Waals surface area contributed by atoms with E-state index in [1.54, 1.807) is 11.8 Å². The minimum atomic E-state index is 0.0206. The lowest BCUT2D eigenvalue weighted by atomic mass is 10.0. The Labute approximate surface area is 123 Å². The molecule has 2 aromatic heterocycles. The normalized spacial score (nSPS) is 12.4. The fraction of sp³-hybridized carbons (Fsp3) is 0.462. The number of likely N-dealkylation sites (N-methyl/N-ethyl adjacent to an activating group) is 1. The molecule has 0 aliphatic carbocycles. The van der Waals surface area contributed by atoms with Crippen molar-refractivity contribution < 1.29 is 4.74 Å². The zero-order chi connectivity index (χ0) is 14.7. The molecular formula is C13H18ClN5O. The van der Waals surface area contributed by atoms with E-state index in [1.807, 2.05) is 27.1 Å². The van der Waals surface area contributed by atoms with Gasteiger partial charge in [-0.15, -0.1) is 0 Å². The molecule has 1 N–H and O–H groups in total. The SMILES string of the molecule is CNC(Cc1c(C)nn(C)c1Cl)c1cc(OC)ncn1. The van der Waals surface area contributed by atoms with Crippen molar-refractivity contribution in [3.05, 3.63) is 34.5 Å². The highest BCUT2D eigenvalue weighted by Gasteiger charge is 2.19. The fourth-order valence-electron chi connectivity index (χ4n) is 2.12. The van der Waals surface area contributed by atoms with Gasteiger partial charge in [-0.3, -0.25) is 4.68 Å². The van der Waals surface area contributed by atoms with Crippen LogP contribution in [0.25, 0.3) is 0 Å². The second-order valence-corrected chi connectivity index (χ2v) is 4.87. The van der Waals surface area contributed by atoms with Crippen LogP contribution in [0.15, 0.2) is 12.4 Å². The second-order valence-electron chi connectivity index (χ2n) is 4.51. The van der Waals surface area contributed by atoms with Gasteiger partial charge < -0.3 is 10.1 Å². The van der Waals surface area contributed by atoms with Crippen molar-refractivity contribution in [1.82, 2.24) is 25.1 Å². The molecule has 0 radical (unpaired) electrons. The van der Waals surface area contributed by atoms with Crippen molar-refractivity contribution in [2.45, 2.75) is 19.4 Å². The van der Waals surface area contributed by atoms with Crippen LogP contribution >= 0.6 is 11.6 Å². The van der Waals surface area contributed by atoms with Crippen LogP contribution in [0.3, 0.4) is 0 Å². The molecule has 7 heteroatoms.